The predicted octanol–water partition coefficient (Wildman–Crippen LogP) is 4.33. The highest BCUT2D eigenvalue weighted by Crippen LogP contribution is 2.49. The lowest BCUT2D eigenvalue weighted by atomic mass is 9.90. The summed E-state index contributed by atoms with van der Waals surface area (Å²) in [6.07, 6.45) is 0.809. The van der Waals surface area contributed by atoms with Crippen LogP contribution in [0.25, 0.3) is 0 Å². The van der Waals surface area contributed by atoms with Crippen LogP contribution in [-0.4, -0.2) is 17.4 Å². The Hall–Kier alpha value is -2.27. The first-order valence-corrected chi connectivity index (χ1v) is 9.05. The molecule has 0 saturated carbocycles. The molecule has 2 heterocycles. The van der Waals surface area contributed by atoms with Gasteiger partial charge in [0.1, 0.15) is 0 Å². The Balaban J connectivity index is 1.79. The van der Waals surface area contributed by atoms with Crippen molar-refractivity contribution in [2.24, 2.45) is 0 Å². The first-order valence-electron chi connectivity index (χ1n) is 8.64. The predicted molar refractivity (Wildman–Crippen MR) is 103 cm³/mol. The molecule has 2 atom stereocenters. The Morgan fingerprint density at radius 1 is 1.28 bits per heavy atom. The van der Waals surface area contributed by atoms with Crippen molar-refractivity contribution >= 4 is 23.0 Å². The molecule has 2 aromatic rings. The van der Waals surface area contributed by atoms with Gasteiger partial charge < -0.3 is 14.8 Å². The van der Waals surface area contributed by atoms with Gasteiger partial charge in [-0.3, -0.25) is 4.90 Å². The summed E-state index contributed by atoms with van der Waals surface area (Å²) in [6.45, 7) is 6.76. The second kappa shape index (κ2) is 5.92. The standard InChI is InChI=1S/C20H22N2O2S/c1-4-23-17-7-5-6-15-16-12-20(3,24-18(15)17)22(19(25)21-16)14-10-8-13(2)9-11-14/h5-11,16H,4,12H2,1-3H3,(H,21,25)/t16-,20-/m1/s1. The monoisotopic (exact) mass is 354 g/mol. The molecule has 0 spiro atoms. The van der Waals surface area contributed by atoms with E-state index in [1.807, 2.05) is 19.1 Å². The van der Waals surface area contributed by atoms with Gasteiger partial charge in [-0.2, -0.15) is 0 Å². The van der Waals surface area contributed by atoms with E-state index < -0.39 is 5.72 Å². The molecule has 0 radical (unpaired) electrons. The molecule has 0 unspecified atom stereocenters. The van der Waals surface area contributed by atoms with Crippen LogP contribution in [0.15, 0.2) is 42.5 Å². The zero-order valence-electron chi connectivity index (χ0n) is 14.7. The molecule has 25 heavy (non-hydrogen) atoms. The van der Waals surface area contributed by atoms with Crippen LogP contribution in [0.5, 0.6) is 11.5 Å². The summed E-state index contributed by atoms with van der Waals surface area (Å²) in [7, 11) is 0. The number of anilines is 1. The SMILES string of the molecule is CCOc1cccc2c1O[C@]1(C)C[C@H]2NC(=S)N1c1ccc(C)cc1. The number of thiocarbonyl (C=S) groups is 1. The van der Waals surface area contributed by atoms with Crippen molar-refractivity contribution < 1.29 is 9.47 Å². The topological polar surface area (TPSA) is 33.7 Å². The average Bonchev–Trinajstić information content (AvgIpc) is 2.57. The number of benzene rings is 2. The van der Waals surface area contributed by atoms with E-state index in [0.717, 1.165) is 29.2 Å². The minimum Gasteiger partial charge on any atom is -0.490 e. The third-order valence-electron chi connectivity index (χ3n) is 4.86. The Morgan fingerprint density at radius 2 is 2.04 bits per heavy atom. The molecule has 1 N–H and O–H groups in total. The van der Waals surface area contributed by atoms with Gasteiger partial charge in [0, 0.05) is 17.7 Å². The van der Waals surface area contributed by atoms with E-state index in [-0.39, 0.29) is 6.04 Å². The van der Waals surface area contributed by atoms with Crippen molar-refractivity contribution in [2.45, 2.75) is 39.0 Å². The smallest absolute Gasteiger partial charge is 0.188 e. The van der Waals surface area contributed by atoms with Crippen LogP contribution in [0.3, 0.4) is 0 Å². The minimum absolute atomic E-state index is 0.128. The molecule has 2 aromatic carbocycles. The summed E-state index contributed by atoms with van der Waals surface area (Å²) in [5, 5.41) is 4.17. The van der Waals surface area contributed by atoms with Gasteiger partial charge in [0.15, 0.2) is 22.3 Å². The van der Waals surface area contributed by atoms with Gasteiger partial charge in [-0.15, -0.1) is 0 Å². The number of nitrogens with zero attached hydrogens (tertiary/aromatic N) is 1. The lowest BCUT2D eigenvalue weighted by molar-refractivity contribution is 0.0457. The highest BCUT2D eigenvalue weighted by molar-refractivity contribution is 7.80. The Labute approximate surface area is 153 Å². The molecule has 5 heteroatoms. The zero-order valence-corrected chi connectivity index (χ0v) is 15.5. The maximum atomic E-state index is 6.52. The van der Waals surface area contributed by atoms with E-state index in [1.165, 1.54) is 5.56 Å². The normalized spacial score (nSPS) is 24.2. The van der Waals surface area contributed by atoms with E-state index in [4.69, 9.17) is 21.7 Å². The fourth-order valence-corrected chi connectivity index (χ4v) is 4.15. The van der Waals surface area contributed by atoms with Crippen LogP contribution in [-0.2, 0) is 0 Å². The molecule has 1 fully saturated rings. The van der Waals surface area contributed by atoms with Crippen molar-refractivity contribution in [1.29, 1.82) is 0 Å². The highest BCUT2D eigenvalue weighted by Gasteiger charge is 2.49. The van der Waals surface area contributed by atoms with Crippen LogP contribution < -0.4 is 19.7 Å². The number of ether oxygens (including phenoxy) is 2. The number of aryl methyl sites for hydroxylation is 1. The maximum Gasteiger partial charge on any atom is 0.188 e. The van der Waals surface area contributed by atoms with Crippen LogP contribution in [0.1, 0.15) is 37.4 Å². The quantitative estimate of drug-likeness (QED) is 0.830. The molecule has 0 amide bonds. The summed E-state index contributed by atoms with van der Waals surface area (Å²) in [6, 6.07) is 14.5. The van der Waals surface area contributed by atoms with Crippen LogP contribution in [0, 0.1) is 6.92 Å². The van der Waals surface area contributed by atoms with Crippen molar-refractivity contribution in [2.75, 3.05) is 11.5 Å². The van der Waals surface area contributed by atoms with E-state index in [2.05, 4.69) is 54.4 Å². The molecule has 0 aliphatic carbocycles. The van der Waals surface area contributed by atoms with Gasteiger partial charge in [-0.05, 0) is 51.2 Å². The second-order valence-electron chi connectivity index (χ2n) is 6.76. The van der Waals surface area contributed by atoms with Crippen molar-refractivity contribution in [3.05, 3.63) is 53.6 Å². The lowest BCUT2D eigenvalue weighted by Gasteiger charge is -2.52. The number of nitrogens with one attached hydrogen (secondary N) is 1. The molecular formula is C20H22N2O2S. The fourth-order valence-electron chi connectivity index (χ4n) is 3.71. The molecule has 2 aliphatic heterocycles. The molecule has 1 saturated heterocycles. The Kier molecular flexibility index (Phi) is 3.84. The summed E-state index contributed by atoms with van der Waals surface area (Å²) < 4.78 is 12.3. The van der Waals surface area contributed by atoms with Gasteiger partial charge in [-0.25, -0.2) is 0 Å². The first kappa shape index (κ1) is 16.2. The lowest BCUT2D eigenvalue weighted by Crippen LogP contribution is -2.65. The number of hydrogen-bond donors (Lipinski definition) is 1. The minimum atomic E-state index is -0.553. The average molecular weight is 354 g/mol. The molecule has 2 bridgehead atoms. The zero-order chi connectivity index (χ0) is 17.6. The van der Waals surface area contributed by atoms with Crippen molar-refractivity contribution in [3.63, 3.8) is 0 Å². The third kappa shape index (κ3) is 2.63. The van der Waals surface area contributed by atoms with Crippen LogP contribution in [0.4, 0.5) is 5.69 Å². The van der Waals surface area contributed by atoms with E-state index in [1.54, 1.807) is 0 Å². The van der Waals surface area contributed by atoms with Crippen LogP contribution >= 0.6 is 12.2 Å². The van der Waals surface area contributed by atoms with E-state index >= 15 is 0 Å². The fraction of sp³-hybridized carbons (Fsp3) is 0.350. The molecular weight excluding hydrogens is 332 g/mol. The van der Waals surface area contributed by atoms with Crippen molar-refractivity contribution in [3.8, 4) is 11.5 Å². The summed E-state index contributed by atoms with van der Waals surface area (Å²) in [5.41, 5.74) is 2.80. The van der Waals surface area contributed by atoms with Gasteiger partial charge in [0.05, 0.1) is 12.6 Å². The third-order valence-corrected chi connectivity index (χ3v) is 5.16. The number of hydrogen-bond acceptors (Lipinski definition) is 3. The van der Waals surface area contributed by atoms with E-state index in [0.29, 0.717) is 11.7 Å². The summed E-state index contributed by atoms with van der Waals surface area (Å²) >= 11 is 5.68. The number of fused-ring (bicyclic) bond motifs is 4. The molecule has 4 rings (SSSR count). The molecule has 0 aromatic heterocycles. The van der Waals surface area contributed by atoms with Crippen LogP contribution in [0.2, 0.25) is 0 Å². The van der Waals surface area contributed by atoms with E-state index in [9.17, 15) is 0 Å². The molecule has 2 aliphatic rings. The number of rotatable bonds is 3. The largest absolute Gasteiger partial charge is 0.490 e. The second-order valence-corrected chi connectivity index (χ2v) is 7.15. The van der Waals surface area contributed by atoms with Gasteiger partial charge in [0.2, 0.25) is 0 Å². The van der Waals surface area contributed by atoms with Gasteiger partial charge in [0.25, 0.3) is 0 Å². The maximum absolute atomic E-state index is 6.52. The van der Waals surface area contributed by atoms with Crippen molar-refractivity contribution in [1.82, 2.24) is 5.32 Å². The van der Waals surface area contributed by atoms with Gasteiger partial charge >= 0.3 is 0 Å². The Bertz CT molecular complexity index is 821. The summed E-state index contributed by atoms with van der Waals surface area (Å²) in [4.78, 5) is 2.07. The first-order chi connectivity index (χ1) is 12.0. The summed E-state index contributed by atoms with van der Waals surface area (Å²) in [5.74, 6) is 1.60. The molecule has 4 nitrogen and oxygen atoms in total. The van der Waals surface area contributed by atoms with Gasteiger partial charge in [-0.1, -0.05) is 29.8 Å². The molecule has 130 valence electrons. The highest BCUT2D eigenvalue weighted by atomic mass is 32.1. The Morgan fingerprint density at radius 3 is 2.76 bits per heavy atom. The number of para-hydroxylation sites is 1.